The van der Waals surface area contributed by atoms with E-state index in [0.717, 1.165) is 0 Å². The van der Waals surface area contributed by atoms with Gasteiger partial charge in [0.1, 0.15) is 0 Å². The van der Waals surface area contributed by atoms with Gasteiger partial charge in [0.05, 0.1) is 0 Å². The van der Waals surface area contributed by atoms with Crippen molar-refractivity contribution in [2.75, 3.05) is 6.61 Å². The fourth-order valence-corrected chi connectivity index (χ4v) is 8.40. The molecule has 0 N–H and O–H groups in total. The van der Waals surface area contributed by atoms with E-state index in [9.17, 15) is 4.39 Å². The zero-order valence-electron chi connectivity index (χ0n) is 15.3. The Balaban J connectivity index is 2.55. The van der Waals surface area contributed by atoms with Crippen LogP contribution in [0.25, 0.3) is 0 Å². The molecule has 1 nitrogen and oxygen atoms in total. The Hall–Kier alpha value is -1.23. The van der Waals surface area contributed by atoms with Gasteiger partial charge in [-0.2, -0.15) is 4.39 Å². The smallest absolute Gasteiger partial charge is 0.261 e. The highest BCUT2D eigenvalue weighted by molar-refractivity contribution is 9.11. The van der Waals surface area contributed by atoms with Gasteiger partial charge in [-0.3, -0.25) is 0 Å². The van der Waals surface area contributed by atoms with Crippen LogP contribution in [0.2, 0.25) is 5.04 Å². The summed E-state index contributed by atoms with van der Waals surface area (Å²) in [7, 11) is -2.53. The Morgan fingerprint density at radius 1 is 1.04 bits per heavy atom. The van der Waals surface area contributed by atoms with Crippen LogP contribution < -0.4 is 10.4 Å². The standard InChI is InChI=1S/C21H26BrFOSi/c1-17(15-20(22)23)16-24-25(21(2,3)4,18-11-7-5-8-12-18)19-13-9-6-10-14-19/h5-15,17H,16H2,1-4H3/b20-15-. The van der Waals surface area contributed by atoms with Gasteiger partial charge in [-0.1, -0.05) is 88.4 Å². The Morgan fingerprint density at radius 2 is 1.48 bits per heavy atom. The monoisotopic (exact) mass is 420 g/mol. The molecule has 0 heterocycles. The number of halogens is 2. The number of benzene rings is 2. The van der Waals surface area contributed by atoms with E-state index in [4.69, 9.17) is 4.43 Å². The largest absolute Gasteiger partial charge is 0.407 e. The first-order valence-electron chi connectivity index (χ1n) is 8.55. The van der Waals surface area contributed by atoms with E-state index in [-0.39, 0.29) is 15.7 Å². The molecule has 0 saturated carbocycles. The maximum Gasteiger partial charge on any atom is 0.261 e. The molecule has 134 valence electrons. The van der Waals surface area contributed by atoms with Crippen molar-refractivity contribution >= 4 is 34.6 Å². The van der Waals surface area contributed by atoms with E-state index in [2.05, 4.69) is 85.2 Å². The number of rotatable bonds is 6. The van der Waals surface area contributed by atoms with E-state index >= 15 is 0 Å². The fourth-order valence-electron chi connectivity index (χ4n) is 3.28. The molecule has 0 bridgehead atoms. The van der Waals surface area contributed by atoms with Crippen molar-refractivity contribution in [1.29, 1.82) is 0 Å². The number of hydrogen-bond acceptors (Lipinski definition) is 1. The summed E-state index contributed by atoms with van der Waals surface area (Å²) in [4.78, 5) is 0. The van der Waals surface area contributed by atoms with Crippen molar-refractivity contribution in [3.05, 3.63) is 71.5 Å². The van der Waals surface area contributed by atoms with Gasteiger partial charge in [-0.05, 0) is 43.3 Å². The van der Waals surface area contributed by atoms with Crippen LogP contribution in [0.5, 0.6) is 0 Å². The van der Waals surface area contributed by atoms with E-state index in [1.165, 1.54) is 10.4 Å². The minimum atomic E-state index is -2.53. The Morgan fingerprint density at radius 3 is 1.84 bits per heavy atom. The molecule has 0 aliphatic heterocycles. The van der Waals surface area contributed by atoms with Crippen LogP contribution in [0.3, 0.4) is 0 Å². The quantitative estimate of drug-likeness (QED) is 0.567. The molecule has 0 amide bonds. The molecule has 0 aromatic heterocycles. The molecule has 0 spiro atoms. The second-order valence-corrected chi connectivity index (χ2v) is 12.5. The lowest BCUT2D eigenvalue weighted by Crippen LogP contribution is -2.66. The lowest BCUT2D eigenvalue weighted by Gasteiger charge is -2.43. The van der Waals surface area contributed by atoms with Crippen LogP contribution in [-0.2, 0) is 4.43 Å². The topological polar surface area (TPSA) is 9.23 Å². The molecule has 4 heteroatoms. The van der Waals surface area contributed by atoms with Crippen LogP contribution >= 0.6 is 15.9 Å². The van der Waals surface area contributed by atoms with Crippen LogP contribution in [-0.4, -0.2) is 14.9 Å². The van der Waals surface area contributed by atoms with Crippen molar-refractivity contribution in [3.63, 3.8) is 0 Å². The molecule has 0 radical (unpaired) electrons. The van der Waals surface area contributed by atoms with Gasteiger partial charge in [0.25, 0.3) is 8.32 Å². The molecule has 0 aliphatic rings. The normalized spacial score (nSPS) is 14.4. The lowest BCUT2D eigenvalue weighted by atomic mass is 10.2. The minimum Gasteiger partial charge on any atom is -0.407 e. The number of hydrogen-bond donors (Lipinski definition) is 0. The van der Waals surface area contributed by atoms with E-state index < -0.39 is 8.32 Å². The Kier molecular flexibility index (Phi) is 6.77. The molecule has 0 saturated heterocycles. The zero-order chi connectivity index (χ0) is 18.5. The van der Waals surface area contributed by atoms with Gasteiger partial charge in [0, 0.05) is 6.61 Å². The summed E-state index contributed by atoms with van der Waals surface area (Å²) in [6.07, 6.45) is 1.55. The van der Waals surface area contributed by atoms with Gasteiger partial charge < -0.3 is 4.43 Å². The first kappa shape index (κ1) is 20.1. The highest BCUT2D eigenvalue weighted by Crippen LogP contribution is 2.37. The van der Waals surface area contributed by atoms with E-state index in [0.29, 0.717) is 6.61 Å². The highest BCUT2D eigenvalue weighted by atomic mass is 79.9. The van der Waals surface area contributed by atoms with Crippen LogP contribution in [0.1, 0.15) is 27.7 Å². The van der Waals surface area contributed by atoms with Crippen LogP contribution in [0.4, 0.5) is 4.39 Å². The fraction of sp³-hybridized carbons (Fsp3) is 0.333. The van der Waals surface area contributed by atoms with Gasteiger partial charge in [0.2, 0.25) is 0 Å². The maximum absolute atomic E-state index is 13.2. The van der Waals surface area contributed by atoms with Gasteiger partial charge in [-0.25, -0.2) is 0 Å². The van der Waals surface area contributed by atoms with Crippen LogP contribution in [0, 0.1) is 5.92 Å². The third-order valence-electron chi connectivity index (χ3n) is 4.39. The minimum absolute atomic E-state index is 0.0129. The molecule has 0 aliphatic carbocycles. The highest BCUT2D eigenvalue weighted by Gasteiger charge is 2.50. The molecule has 1 unspecified atom stereocenters. The first-order valence-corrected chi connectivity index (χ1v) is 11.3. The van der Waals surface area contributed by atoms with Crippen molar-refractivity contribution < 1.29 is 8.82 Å². The van der Waals surface area contributed by atoms with Crippen molar-refractivity contribution in [2.24, 2.45) is 5.92 Å². The van der Waals surface area contributed by atoms with Gasteiger partial charge >= 0.3 is 0 Å². The summed E-state index contributed by atoms with van der Waals surface area (Å²) in [5, 5.41) is 2.42. The summed E-state index contributed by atoms with van der Waals surface area (Å²) < 4.78 is 19.6. The van der Waals surface area contributed by atoms with Crippen molar-refractivity contribution in [2.45, 2.75) is 32.7 Å². The second-order valence-electron chi connectivity index (χ2n) is 7.41. The third-order valence-corrected chi connectivity index (χ3v) is 9.66. The van der Waals surface area contributed by atoms with E-state index in [1.54, 1.807) is 6.08 Å². The summed E-state index contributed by atoms with van der Waals surface area (Å²) in [5.41, 5.74) is 0. The lowest BCUT2D eigenvalue weighted by molar-refractivity contribution is 0.267. The maximum atomic E-state index is 13.2. The predicted octanol–water partition coefficient (Wildman–Crippen LogP) is 5.40. The van der Waals surface area contributed by atoms with Crippen LogP contribution in [0.15, 0.2) is 71.5 Å². The van der Waals surface area contributed by atoms with Gasteiger partial charge in [-0.15, -0.1) is 0 Å². The molecule has 2 aromatic rings. The van der Waals surface area contributed by atoms with Gasteiger partial charge in [0.15, 0.2) is 4.74 Å². The van der Waals surface area contributed by atoms with E-state index in [1.807, 2.05) is 19.1 Å². The average molecular weight is 421 g/mol. The van der Waals surface area contributed by atoms with Crippen molar-refractivity contribution in [1.82, 2.24) is 0 Å². The molecule has 25 heavy (non-hydrogen) atoms. The first-order chi connectivity index (χ1) is 11.8. The zero-order valence-corrected chi connectivity index (χ0v) is 17.9. The SMILES string of the molecule is CC(/C=C(\F)Br)CO[Si](c1ccccc1)(c1ccccc1)C(C)(C)C. The Labute approximate surface area is 160 Å². The summed E-state index contributed by atoms with van der Waals surface area (Å²) in [6, 6.07) is 21.0. The second kappa shape index (κ2) is 8.43. The van der Waals surface area contributed by atoms with Crippen molar-refractivity contribution in [3.8, 4) is 0 Å². The Bertz CT molecular complexity index is 651. The molecule has 2 rings (SSSR count). The summed E-state index contributed by atoms with van der Waals surface area (Å²) >= 11 is 2.87. The third kappa shape index (κ3) is 4.69. The molecule has 0 fully saturated rings. The summed E-state index contributed by atoms with van der Waals surface area (Å²) in [6.45, 7) is 9.17. The average Bonchev–Trinajstić information content (AvgIpc) is 2.55. The molecule has 2 aromatic carbocycles. The summed E-state index contributed by atoms with van der Waals surface area (Å²) in [5.74, 6) is -0.0129. The molecule has 1 atom stereocenters. The molecular formula is C21H26BrFOSi. The molecular weight excluding hydrogens is 395 g/mol. The predicted molar refractivity (Wildman–Crippen MR) is 111 cm³/mol.